The van der Waals surface area contributed by atoms with Crippen LogP contribution in [0.25, 0.3) is 6.08 Å². The van der Waals surface area contributed by atoms with Gasteiger partial charge in [0.2, 0.25) is 0 Å². The van der Waals surface area contributed by atoms with Crippen LogP contribution in [-0.4, -0.2) is 18.0 Å². The molecule has 6 heteroatoms. The number of hydrogen-bond donors (Lipinski definition) is 1. The van der Waals surface area contributed by atoms with E-state index in [1.165, 1.54) is 31.4 Å². The van der Waals surface area contributed by atoms with Crippen LogP contribution >= 0.6 is 23.2 Å². The van der Waals surface area contributed by atoms with Crippen molar-refractivity contribution < 1.29 is 19.0 Å². The molecule has 0 fully saturated rings. The highest BCUT2D eigenvalue weighted by atomic mass is 35.5. The lowest BCUT2D eigenvalue weighted by atomic mass is 10.1. The van der Waals surface area contributed by atoms with Crippen LogP contribution in [0.1, 0.15) is 15.9 Å². The largest absolute Gasteiger partial charge is 0.504 e. The molecule has 0 bridgehead atoms. The van der Waals surface area contributed by atoms with Gasteiger partial charge >= 0.3 is 0 Å². The summed E-state index contributed by atoms with van der Waals surface area (Å²) in [5.41, 5.74) is 0.465. The van der Waals surface area contributed by atoms with Crippen molar-refractivity contribution in [3.8, 4) is 11.5 Å². The summed E-state index contributed by atoms with van der Waals surface area (Å²) < 4.78 is 18.3. The molecule has 0 aliphatic rings. The zero-order valence-corrected chi connectivity index (χ0v) is 13.0. The molecule has 0 spiro atoms. The number of halogens is 3. The molecule has 3 nitrogen and oxygen atoms in total. The Hall–Kier alpha value is -2.04. The van der Waals surface area contributed by atoms with E-state index < -0.39 is 11.6 Å². The predicted octanol–water partition coefficient (Wildman–Crippen LogP) is 4.74. The monoisotopic (exact) mass is 340 g/mol. The number of hydrogen-bond acceptors (Lipinski definition) is 3. The van der Waals surface area contributed by atoms with E-state index in [1.807, 2.05) is 0 Å². The van der Waals surface area contributed by atoms with Crippen molar-refractivity contribution >= 4 is 35.1 Å². The number of methoxy groups -OCH3 is 1. The van der Waals surface area contributed by atoms with E-state index in [0.29, 0.717) is 11.3 Å². The highest BCUT2D eigenvalue weighted by Gasteiger charge is 2.16. The van der Waals surface area contributed by atoms with Crippen molar-refractivity contribution in [2.75, 3.05) is 7.11 Å². The molecule has 2 rings (SSSR count). The molecule has 0 saturated carbocycles. The van der Waals surface area contributed by atoms with Gasteiger partial charge in [-0.15, -0.1) is 0 Å². The zero-order chi connectivity index (χ0) is 16.3. The van der Waals surface area contributed by atoms with Gasteiger partial charge in [0.1, 0.15) is 5.82 Å². The van der Waals surface area contributed by atoms with Crippen molar-refractivity contribution in [3.05, 3.63) is 63.4 Å². The van der Waals surface area contributed by atoms with Gasteiger partial charge in [-0.25, -0.2) is 4.39 Å². The van der Waals surface area contributed by atoms with Gasteiger partial charge in [-0.3, -0.25) is 4.79 Å². The van der Waals surface area contributed by atoms with E-state index >= 15 is 0 Å². The second-order valence-corrected chi connectivity index (χ2v) is 5.13. The first-order chi connectivity index (χ1) is 10.4. The highest BCUT2D eigenvalue weighted by molar-refractivity contribution is 6.40. The quantitative estimate of drug-likeness (QED) is 0.496. The normalized spacial score (nSPS) is 10.9. The van der Waals surface area contributed by atoms with Crippen molar-refractivity contribution in [2.24, 2.45) is 0 Å². The van der Waals surface area contributed by atoms with E-state index in [9.17, 15) is 14.3 Å². The maximum atomic E-state index is 13.4. The summed E-state index contributed by atoms with van der Waals surface area (Å²) in [5, 5.41) is 9.41. The van der Waals surface area contributed by atoms with Gasteiger partial charge in [-0.1, -0.05) is 35.3 Å². The number of carbonyl (C=O) groups is 1. The summed E-state index contributed by atoms with van der Waals surface area (Å²) in [4.78, 5) is 12.1. The molecule has 2 aromatic carbocycles. The molecule has 0 amide bonds. The van der Waals surface area contributed by atoms with Crippen LogP contribution in [0.15, 0.2) is 36.4 Å². The number of carbonyl (C=O) groups excluding carboxylic acids is 1. The number of ketones is 1. The summed E-state index contributed by atoms with van der Waals surface area (Å²) >= 11 is 11.6. The van der Waals surface area contributed by atoms with Gasteiger partial charge in [0.15, 0.2) is 17.3 Å². The molecule has 114 valence electrons. The topological polar surface area (TPSA) is 46.5 Å². The fourth-order valence-electron chi connectivity index (χ4n) is 1.82. The van der Waals surface area contributed by atoms with Crippen LogP contribution in [0.4, 0.5) is 4.39 Å². The number of benzene rings is 2. The molecule has 2 aromatic rings. The van der Waals surface area contributed by atoms with Crippen molar-refractivity contribution in [3.63, 3.8) is 0 Å². The SMILES string of the molecule is COc1ccc(/C=C/C(=O)c2c(Cl)ccc(F)c2Cl)cc1O. The molecule has 1 N–H and O–H groups in total. The second-order valence-electron chi connectivity index (χ2n) is 4.35. The molecule has 22 heavy (non-hydrogen) atoms. The fourth-order valence-corrected chi connectivity index (χ4v) is 2.38. The Morgan fingerprint density at radius 3 is 2.64 bits per heavy atom. The number of phenolic OH excluding ortho intramolecular Hbond substituents is 1. The maximum Gasteiger partial charge on any atom is 0.188 e. The number of aromatic hydroxyl groups is 1. The Morgan fingerprint density at radius 2 is 2.00 bits per heavy atom. The van der Waals surface area contributed by atoms with Crippen LogP contribution < -0.4 is 4.74 Å². The lowest BCUT2D eigenvalue weighted by molar-refractivity contribution is 0.104. The average Bonchev–Trinajstić information content (AvgIpc) is 2.49. The van der Waals surface area contributed by atoms with E-state index in [1.54, 1.807) is 12.1 Å². The summed E-state index contributed by atoms with van der Waals surface area (Å²) in [6.45, 7) is 0. The van der Waals surface area contributed by atoms with Gasteiger partial charge in [0, 0.05) is 0 Å². The molecular formula is C16H11Cl2FO3. The predicted molar refractivity (Wildman–Crippen MR) is 84.4 cm³/mol. The summed E-state index contributed by atoms with van der Waals surface area (Å²) in [6.07, 6.45) is 2.66. The van der Waals surface area contributed by atoms with Crippen molar-refractivity contribution in [1.82, 2.24) is 0 Å². The van der Waals surface area contributed by atoms with Crippen LogP contribution in [-0.2, 0) is 0 Å². The van der Waals surface area contributed by atoms with Gasteiger partial charge in [0.25, 0.3) is 0 Å². The van der Waals surface area contributed by atoms with E-state index in [4.69, 9.17) is 27.9 Å². The minimum atomic E-state index is -0.718. The second kappa shape index (κ2) is 6.81. The summed E-state index contributed by atoms with van der Waals surface area (Å²) in [5.74, 6) is -0.992. The van der Waals surface area contributed by atoms with E-state index in [-0.39, 0.29) is 21.4 Å². The van der Waals surface area contributed by atoms with Gasteiger partial charge in [-0.05, 0) is 35.9 Å². The van der Waals surface area contributed by atoms with Crippen LogP contribution in [0.3, 0.4) is 0 Å². The Kier molecular flexibility index (Phi) is 5.06. The van der Waals surface area contributed by atoms with Crippen LogP contribution in [0.2, 0.25) is 10.0 Å². The number of allylic oxidation sites excluding steroid dienone is 1. The average molecular weight is 341 g/mol. The van der Waals surface area contributed by atoms with E-state index in [2.05, 4.69) is 0 Å². The molecular weight excluding hydrogens is 330 g/mol. The Labute approximate surface area is 136 Å². The first-order valence-electron chi connectivity index (χ1n) is 6.17. The molecule has 0 aliphatic heterocycles. The molecule has 0 saturated heterocycles. The summed E-state index contributed by atoms with van der Waals surface area (Å²) in [7, 11) is 1.43. The maximum absolute atomic E-state index is 13.4. The smallest absolute Gasteiger partial charge is 0.188 e. The number of phenols is 1. The number of ether oxygens (including phenoxy) is 1. The van der Waals surface area contributed by atoms with Crippen LogP contribution in [0, 0.1) is 5.82 Å². The zero-order valence-electron chi connectivity index (χ0n) is 11.4. The first-order valence-corrected chi connectivity index (χ1v) is 6.92. The highest BCUT2D eigenvalue weighted by Crippen LogP contribution is 2.29. The third kappa shape index (κ3) is 3.40. The third-order valence-corrected chi connectivity index (χ3v) is 3.60. The molecule has 0 radical (unpaired) electrons. The van der Waals surface area contributed by atoms with Gasteiger partial charge in [-0.2, -0.15) is 0 Å². The molecule has 0 aliphatic carbocycles. The van der Waals surface area contributed by atoms with Gasteiger partial charge in [0.05, 0.1) is 22.7 Å². The van der Waals surface area contributed by atoms with E-state index in [0.717, 1.165) is 6.07 Å². The Morgan fingerprint density at radius 1 is 1.27 bits per heavy atom. The number of rotatable bonds is 4. The third-order valence-electron chi connectivity index (χ3n) is 2.92. The lowest BCUT2D eigenvalue weighted by Crippen LogP contribution is -1.99. The van der Waals surface area contributed by atoms with Gasteiger partial charge < -0.3 is 9.84 Å². The Bertz CT molecular complexity index is 757. The molecule has 0 atom stereocenters. The molecule has 0 heterocycles. The fraction of sp³-hybridized carbons (Fsp3) is 0.0625. The molecule has 0 aromatic heterocycles. The lowest BCUT2D eigenvalue weighted by Gasteiger charge is -2.05. The van der Waals surface area contributed by atoms with Crippen molar-refractivity contribution in [1.29, 1.82) is 0 Å². The minimum absolute atomic E-state index is 0.0566. The molecule has 0 unspecified atom stereocenters. The van der Waals surface area contributed by atoms with Crippen LogP contribution in [0.5, 0.6) is 11.5 Å². The Balaban J connectivity index is 2.29. The first kappa shape index (κ1) is 16.3. The summed E-state index contributed by atoms with van der Waals surface area (Å²) in [6, 6.07) is 6.99. The minimum Gasteiger partial charge on any atom is -0.504 e. The van der Waals surface area contributed by atoms with Crippen molar-refractivity contribution in [2.45, 2.75) is 0 Å². The standard InChI is InChI=1S/C16H11Cl2FO3/c1-22-14-7-3-9(8-13(14)21)2-6-12(20)15-10(17)4-5-11(19)16(15)18/h2-8,21H,1H3/b6-2+.